The summed E-state index contributed by atoms with van der Waals surface area (Å²) in [4.78, 5) is 21.4. The van der Waals surface area contributed by atoms with Crippen molar-refractivity contribution in [1.29, 1.82) is 0 Å². The molecule has 1 atom stereocenters. The first-order valence-electron chi connectivity index (χ1n) is 7.33. The van der Waals surface area contributed by atoms with Crippen molar-refractivity contribution in [3.05, 3.63) is 59.8 Å². The van der Waals surface area contributed by atoms with Gasteiger partial charge in [0.25, 0.3) is 6.09 Å². The Morgan fingerprint density at radius 1 is 1.12 bits per heavy atom. The van der Waals surface area contributed by atoms with E-state index in [2.05, 4.69) is 15.3 Å². The molecule has 1 amide bonds. The lowest BCUT2D eigenvalue weighted by Gasteiger charge is -2.22. The van der Waals surface area contributed by atoms with Crippen molar-refractivity contribution in [2.24, 2.45) is 5.10 Å². The van der Waals surface area contributed by atoms with Crippen LogP contribution in [0.5, 0.6) is 0 Å². The van der Waals surface area contributed by atoms with Gasteiger partial charge in [0, 0.05) is 11.5 Å². The number of benzene rings is 2. The summed E-state index contributed by atoms with van der Waals surface area (Å²) in [5.41, 5.74) is 2.29. The van der Waals surface area contributed by atoms with E-state index >= 15 is 0 Å². The average molecular weight is 338 g/mol. The van der Waals surface area contributed by atoms with Crippen molar-refractivity contribution in [2.75, 3.05) is 7.05 Å². The number of carbonyl (C=O) groups is 2. The molecule has 1 aromatic heterocycles. The maximum absolute atomic E-state index is 10.8. The van der Waals surface area contributed by atoms with Crippen molar-refractivity contribution in [3.63, 3.8) is 0 Å². The van der Waals surface area contributed by atoms with E-state index in [1.165, 1.54) is 7.05 Å². The van der Waals surface area contributed by atoms with Gasteiger partial charge in [-0.15, -0.1) is 4.59 Å². The molecule has 0 saturated carbocycles. The van der Waals surface area contributed by atoms with E-state index in [1.807, 2.05) is 18.2 Å². The number of nitrogens with one attached hydrogen (secondary N) is 1. The highest BCUT2D eigenvalue weighted by Crippen LogP contribution is 2.29. The number of aromatic amines is 1. The fourth-order valence-corrected chi connectivity index (χ4v) is 2.51. The van der Waals surface area contributed by atoms with Crippen LogP contribution >= 0.6 is 0 Å². The molecule has 3 aromatic rings. The van der Waals surface area contributed by atoms with Gasteiger partial charge in [-0.1, -0.05) is 35.4 Å². The molecule has 0 spiro atoms. The minimum absolute atomic E-state index is 0.0746. The molecule has 1 aliphatic rings. The minimum atomic E-state index is -1.22. The highest BCUT2D eigenvalue weighted by Gasteiger charge is 2.34. The van der Waals surface area contributed by atoms with Gasteiger partial charge in [-0.05, 0) is 12.1 Å². The topological polar surface area (TPSA) is 118 Å². The summed E-state index contributed by atoms with van der Waals surface area (Å²) in [7, 11) is 1.48. The second-order valence-electron chi connectivity index (χ2n) is 5.45. The zero-order valence-corrected chi connectivity index (χ0v) is 13.2. The third-order valence-electron chi connectivity index (χ3n) is 3.86. The highest BCUT2D eigenvalue weighted by atomic mass is 16.4. The van der Waals surface area contributed by atoms with Crippen LogP contribution < -0.4 is 9.70 Å². The second kappa shape index (κ2) is 6.17. The number of amides is 1. The molecule has 0 aliphatic carbocycles. The summed E-state index contributed by atoms with van der Waals surface area (Å²) < 4.78 is -0.518. The zero-order chi connectivity index (χ0) is 18.0. The quantitative estimate of drug-likeness (QED) is 0.653. The predicted molar refractivity (Wildman–Crippen MR) is 90.2 cm³/mol. The molecule has 0 fully saturated rings. The molecule has 126 valence electrons. The van der Waals surface area contributed by atoms with E-state index in [9.17, 15) is 14.7 Å². The number of hydrogen-bond donors (Lipinski definition) is 2. The number of carboxylic acid groups (broad SMARTS) is 2. The smallest absolute Gasteiger partial charge is 0.357 e. The van der Waals surface area contributed by atoms with Crippen LogP contribution in [0.25, 0.3) is 10.9 Å². The molecule has 2 aromatic carbocycles. The van der Waals surface area contributed by atoms with Crippen LogP contribution in [0.1, 0.15) is 16.1 Å². The van der Waals surface area contributed by atoms with Gasteiger partial charge < -0.3 is 15.0 Å². The molecule has 0 saturated heterocycles. The van der Waals surface area contributed by atoms with Crippen molar-refractivity contribution >= 4 is 34.9 Å². The van der Waals surface area contributed by atoms with E-state index in [4.69, 9.17) is 5.11 Å². The number of H-pyrrole nitrogens is 1. The molecule has 25 heavy (non-hydrogen) atoms. The normalized spacial score (nSPS) is 17.6. The minimum Gasteiger partial charge on any atom is -0.496 e. The number of para-hydroxylation sites is 2. The Balaban J connectivity index is 0.000000146. The number of aromatic carboxylic acids is 1. The van der Waals surface area contributed by atoms with Crippen LogP contribution in [0.15, 0.2) is 53.6 Å². The fourth-order valence-electron chi connectivity index (χ4n) is 2.51. The molecule has 8 nitrogen and oxygen atoms in total. The van der Waals surface area contributed by atoms with Gasteiger partial charge in [0.1, 0.15) is 7.05 Å². The van der Waals surface area contributed by atoms with E-state index < -0.39 is 16.7 Å². The number of quaternary nitrogens is 1. The van der Waals surface area contributed by atoms with Crippen LogP contribution in [-0.4, -0.2) is 40.6 Å². The summed E-state index contributed by atoms with van der Waals surface area (Å²) in [6.07, 6.45) is 0.326. The molecular formula is C17H14N4O4. The third-order valence-corrected chi connectivity index (χ3v) is 3.86. The summed E-state index contributed by atoms with van der Waals surface area (Å²) in [5, 5.41) is 30.4. The molecule has 2 heterocycles. The molecule has 8 heteroatoms. The predicted octanol–water partition coefficient (Wildman–Crippen LogP) is 1.58. The van der Waals surface area contributed by atoms with Gasteiger partial charge in [-0.2, -0.15) is 5.10 Å². The highest BCUT2D eigenvalue weighted by molar-refractivity contribution is 6.00. The Hall–Kier alpha value is -3.52. The average Bonchev–Trinajstić information content (AvgIpc) is 3.18. The number of fused-ring (bicyclic) bond motifs is 2. The van der Waals surface area contributed by atoms with Gasteiger partial charge in [-0.25, -0.2) is 4.79 Å². The summed E-state index contributed by atoms with van der Waals surface area (Å²) in [5.74, 6) is -1.01. The summed E-state index contributed by atoms with van der Waals surface area (Å²) >= 11 is 0. The number of nitrogens with zero attached hydrogens (tertiary/aromatic N) is 3. The molecule has 2 N–H and O–H groups in total. The molecule has 4 rings (SSSR count). The Bertz CT molecular complexity index is 995. The van der Waals surface area contributed by atoms with Gasteiger partial charge in [-0.3, -0.25) is 5.10 Å². The van der Waals surface area contributed by atoms with E-state index in [1.54, 1.807) is 36.5 Å². The third kappa shape index (κ3) is 2.86. The number of carbonyl (C=O) groups excluding carboxylic acids is 1. The Morgan fingerprint density at radius 3 is 2.52 bits per heavy atom. The van der Waals surface area contributed by atoms with E-state index in [0.717, 1.165) is 11.1 Å². The molecule has 0 bridgehead atoms. The van der Waals surface area contributed by atoms with Gasteiger partial charge in [0.2, 0.25) is 0 Å². The van der Waals surface area contributed by atoms with E-state index in [0.29, 0.717) is 11.1 Å². The standard InChI is InChI=1S/C9H8N2O2.C8H6N2O2/c1-11(9(12)13)8-5-3-2-4-7(8)6-10-11;11-8(12)7-5-3-1-2-4-6(5)9-10-7/h2-6H,1H3;1-4H,(H,9,10)(H,11,12). The van der Waals surface area contributed by atoms with Crippen LogP contribution in [-0.2, 0) is 0 Å². The van der Waals surface area contributed by atoms with Crippen LogP contribution in [0, 0.1) is 0 Å². The van der Waals surface area contributed by atoms with Crippen LogP contribution in [0.3, 0.4) is 0 Å². The maximum atomic E-state index is 10.8. The second-order valence-corrected chi connectivity index (χ2v) is 5.45. The summed E-state index contributed by atoms with van der Waals surface area (Å²) in [6, 6.07) is 14.3. The van der Waals surface area contributed by atoms with E-state index in [-0.39, 0.29) is 5.69 Å². The van der Waals surface area contributed by atoms with Gasteiger partial charge in [0.15, 0.2) is 11.4 Å². The Labute approximate surface area is 142 Å². The zero-order valence-electron chi connectivity index (χ0n) is 13.2. The summed E-state index contributed by atoms with van der Waals surface area (Å²) in [6.45, 7) is 0. The lowest BCUT2D eigenvalue weighted by molar-refractivity contribution is -0.262. The molecule has 1 aliphatic heterocycles. The fraction of sp³-hybridized carbons (Fsp3) is 0.0588. The van der Waals surface area contributed by atoms with Crippen molar-refractivity contribution in [3.8, 4) is 0 Å². The number of carboxylic acids is 1. The largest absolute Gasteiger partial charge is 0.496 e. The Morgan fingerprint density at radius 2 is 1.80 bits per heavy atom. The first-order chi connectivity index (χ1) is 11.9. The molecule has 0 radical (unpaired) electrons. The maximum Gasteiger partial charge on any atom is 0.357 e. The lowest BCUT2D eigenvalue weighted by atomic mass is 10.2. The number of rotatable bonds is 1. The Kier molecular flexibility index (Phi) is 4.04. The van der Waals surface area contributed by atoms with Crippen LogP contribution in [0.4, 0.5) is 10.5 Å². The van der Waals surface area contributed by atoms with Crippen molar-refractivity contribution in [2.45, 2.75) is 0 Å². The first kappa shape index (κ1) is 16.3. The molecular weight excluding hydrogens is 324 g/mol. The van der Waals surface area contributed by atoms with Crippen LogP contribution in [0.2, 0.25) is 0 Å². The van der Waals surface area contributed by atoms with Gasteiger partial charge >= 0.3 is 5.97 Å². The van der Waals surface area contributed by atoms with Crippen molar-refractivity contribution in [1.82, 2.24) is 14.8 Å². The molecule has 1 unspecified atom stereocenters. The lowest BCUT2D eigenvalue weighted by Crippen LogP contribution is -2.52. The number of aromatic nitrogens is 2. The monoisotopic (exact) mass is 338 g/mol. The SMILES string of the molecule is C[N+]1(C(=O)[O-])N=Cc2ccccc21.O=C(O)c1n[nH]c2ccccc12. The van der Waals surface area contributed by atoms with Crippen molar-refractivity contribution < 1.29 is 19.8 Å². The van der Waals surface area contributed by atoms with Gasteiger partial charge in [0.05, 0.1) is 17.3 Å². The first-order valence-corrected chi connectivity index (χ1v) is 7.33. The number of hydrogen-bond acceptors (Lipinski definition) is 5.